The van der Waals surface area contributed by atoms with E-state index in [1.54, 1.807) is 0 Å². The van der Waals surface area contributed by atoms with Crippen LogP contribution in [0.15, 0.2) is 23.7 Å². The topological polar surface area (TPSA) is 57.9 Å². The van der Waals surface area contributed by atoms with Crippen molar-refractivity contribution >= 4 is 5.96 Å². The highest BCUT2D eigenvalue weighted by atomic mass is 16.5. The number of piperidine rings is 1. The molecule has 4 rings (SSSR count). The van der Waals surface area contributed by atoms with Gasteiger partial charge in [-0.2, -0.15) is 0 Å². The zero-order chi connectivity index (χ0) is 18.6. The first-order valence-electron chi connectivity index (χ1n) is 10.6. The van der Waals surface area contributed by atoms with Crippen molar-refractivity contribution in [1.82, 2.24) is 24.7 Å². The monoisotopic (exact) mass is 374 g/mol. The molecule has 150 valence electrons. The Balaban J connectivity index is 1.40. The molecule has 3 aliphatic heterocycles. The van der Waals surface area contributed by atoms with Gasteiger partial charge in [0, 0.05) is 44.6 Å². The van der Waals surface area contributed by atoms with Gasteiger partial charge in [0.15, 0.2) is 5.96 Å². The summed E-state index contributed by atoms with van der Waals surface area (Å²) >= 11 is 0. The van der Waals surface area contributed by atoms with Crippen LogP contribution in [0.3, 0.4) is 0 Å². The lowest BCUT2D eigenvalue weighted by Crippen LogP contribution is -2.50. The van der Waals surface area contributed by atoms with Crippen LogP contribution in [-0.4, -0.2) is 83.3 Å². The van der Waals surface area contributed by atoms with E-state index < -0.39 is 0 Å². The smallest absolute Gasteiger partial charge is 0.194 e. The van der Waals surface area contributed by atoms with E-state index >= 15 is 0 Å². The minimum atomic E-state index is 0.223. The fourth-order valence-electron chi connectivity index (χ4n) is 4.71. The van der Waals surface area contributed by atoms with Crippen LogP contribution in [-0.2, 0) is 4.74 Å². The number of hydrogen-bond acceptors (Lipinski definition) is 4. The Kier molecular flexibility index (Phi) is 5.98. The van der Waals surface area contributed by atoms with Crippen molar-refractivity contribution in [3.63, 3.8) is 0 Å². The van der Waals surface area contributed by atoms with Crippen molar-refractivity contribution in [1.29, 1.82) is 0 Å². The van der Waals surface area contributed by atoms with Gasteiger partial charge in [-0.1, -0.05) is 6.92 Å². The molecule has 3 fully saturated rings. The molecule has 27 heavy (non-hydrogen) atoms. The van der Waals surface area contributed by atoms with Crippen LogP contribution in [0.4, 0.5) is 0 Å². The summed E-state index contributed by atoms with van der Waals surface area (Å²) in [6.07, 6.45) is 9.89. The molecule has 7 nitrogen and oxygen atoms in total. The minimum Gasteiger partial charge on any atom is -0.373 e. The van der Waals surface area contributed by atoms with E-state index in [-0.39, 0.29) is 6.10 Å². The minimum absolute atomic E-state index is 0.223. The summed E-state index contributed by atoms with van der Waals surface area (Å²) in [4.78, 5) is 14.2. The number of aromatic nitrogens is 2. The van der Waals surface area contributed by atoms with E-state index in [4.69, 9.17) is 9.73 Å². The number of nitrogens with one attached hydrogen (secondary N) is 1. The average molecular weight is 375 g/mol. The number of ether oxygens (including phenoxy) is 1. The third kappa shape index (κ3) is 4.29. The molecule has 4 atom stereocenters. The standard InChI is InChI=1S/C20H34N6O/c1-3-22-20(23-11-18-12-24-8-4-5-17(24)14-27-18)25-9-6-16(2)19(13-25)26-10-7-21-15-26/h7,10,15-19H,3-6,8-9,11-14H2,1-2H3,(H,22,23). The summed E-state index contributed by atoms with van der Waals surface area (Å²) in [5.74, 6) is 1.67. The zero-order valence-corrected chi connectivity index (χ0v) is 16.8. The van der Waals surface area contributed by atoms with Crippen LogP contribution >= 0.6 is 0 Å². The molecule has 0 aliphatic carbocycles. The first kappa shape index (κ1) is 18.7. The number of nitrogens with zero attached hydrogens (tertiary/aromatic N) is 5. The van der Waals surface area contributed by atoms with Crippen molar-refractivity contribution in [2.75, 3.05) is 45.9 Å². The van der Waals surface area contributed by atoms with E-state index in [9.17, 15) is 0 Å². The number of rotatable bonds is 4. The van der Waals surface area contributed by atoms with Crippen LogP contribution in [0.5, 0.6) is 0 Å². The quantitative estimate of drug-likeness (QED) is 0.641. The molecule has 1 aromatic heterocycles. The summed E-state index contributed by atoms with van der Waals surface area (Å²) in [6, 6.07) is 1.10. The van der Waals surface area contributed by atoms with Gasteiger partial charge in [-0.15, -0.1) is 0 Å². The van der Waals surface area contributed by atoms with Crippen LogP contribution in [0, 0.1) is 5.92 Å². The molecular weight excluding hydrogens is 340 g/mol. The Labute approximate surface area is 162 Å². The van der Waals surface area contributed by atoms with Gasteiger partial charge >= 0.3 is 0 Å². The van der Waals surface area contributed by atoms with Crippen molar-refractivity contribution in [2.45, 2.75) is 51.3 Å². The Morgan fingerprint density at radius 1 is 1.30 bits per heavy atom. The number of hydrogen-bond donors (Lipinski definition) is 1. The number of aliphatic imine (C=N–C) groups is 1. The average Bonchev–Trinajstić information content (AvgIpc) is 3.37. The number of guanidine groups is 1. The molecule has 4 heterocycles. The Morgan fingerprint density at radius 3 is 3.04 bits per heavy atom. The van der Waals surface area contributed by atoms with Crippen molar-refractivity contribution < 1.29 is 4.74 Å². The lowest BCUT2D eigenvalue weighted by molar-refractivity contribution is -0.0433. The van der Waals surface area contributed by atoms with Crippen molar-refractivity contribution in [3.05, 3.63) is 18.7 Å². The second-order valence-corrected chi connectivity index (χ2v) is 8.23. The highest BCUT2D eigenvalue weighted by Crippen LogP contribution is 2.27. The molecule has 7 heteroatoms. The molecule has 1 aromatic rings. The second-order valence-electron chi connectivity index (χ2n) is 8.23. The SMILES string of the molecule is CCNC(=NCC1CN2CCCC2CO1)N1CCC(C)C(n2ccnc2)C1. The van der Waals surface area contributed by atoms with Gasteiger partial charge in [0.1, 0.15) is 0 Å². The van der Waals surface area contributed by atoms with E-state index in [1.165, 1.54) is 25.8 Å². The summed E-state index contributed by atoms with van der Waals surface area (Å²) in [7, 11) is 0. The Bertz CT molecular complexity index is 618. The summed E-state index contributed by atoms with van der Waals surface area (Å²) < 4.78 is 8.35. The number of likely N-dealkylation sites (tertiary alicyclic amines) is 1. The molecule has 0 saturated carbocycles. The van der Waals surface area contributed by atoms with E-state index in [0.717, 1.165) is 45.3 Å². The zero-order valence-electron chi connectivity index (χ0n) is 16.8. The highest BCUT2D eigenvalue weighted by molar-refractivity contribution is 5.80. The molecule has 0 radical (unpaired) electrons. The summed E-state index contributed by atoms with van der Waals surface area (Å²) in [5.41, 5.74) is 0. The fourth-order valence-corrected chi connectivity index (χ4v) is 4.71. The summed E-state index contributed by atoms with van der Waals surface area (Å²) in [5, 5.41) is 3.50. The van der Waals surface area contributed by atoms with Crippen molar-refractivity contribution in [3.8, 4) is 0 Å². The maximum Gasteiger partial charge on any atom is 0.194 e. The fraction of sp³-hybridized carbons (Fsp3) is 0.800. The molecule has 3 saturated heterocycles. The number of fused-ring (bicyclic) bond motifs is 1. The molecule has 1 N–H and O–H groups in total. The van der Waals surface area contributed by atoms with Crippen LogP contribution in [0.25, 0.3) is 0 Å². The number of morpholine rings is 1. The van der Waals surface area contributed by atoms with Gasteiger partial charge < -0.3 is 19.5 Å². The largest absolute Gasteiger partial charge is 0.373 e. The third-order valence-corrected chi connectivity index (χ3v) is 6.37. The van der Waals surface area contributed by atoms with Gasteiger partial charge in [0.05, 0.1) is 31.6 Å². The van der Waals surface area contributed by atoms with Gasteiger partial charge in [0.2, 0.25) is 0 Å². The molecule has 0 amide bonds. The normalized spacial score (nSPS) is 32.5. The Hall–Kier alpha value is -1.60. The predicted molar refractivity (Wildman–Crippen MR) is 107 cm³/mol. The van der Waals surface area contributed by atoms with Gasteiger partial charge in [-0.25, -0.2) is 4.98 Å². The van der Waals surface area contributed by atoms with Crippen LogP contribution < -0.4 is 5.32 Å². The van der Waals surface area contributed by atoms with E-state index in [0.29, 0.717) is 18.0 Å². The van der Waals surface area contributed by atoms with E-state index in [1.807, 2.05) is 12.5 Å². The molecule has 4 unspecified atom stereocenters. The number of imidazole rings is 1. The lowest BCUT2D eigenvalue weighted by atomic mass is 9.93. The second kappa shape index (κ2) is 8.61. The first-order chi connectivity index (χ1) is 13.2. The molecular formula is C20H34N6O. The molecule has 3 aliphatic rings. The van der Waals surface area contributed by atoms with Gasteiger partial charge in [-0.05, 0) is 38.6 Å². The van der Waals surface area contributed by atoms with Gasteiger partial charge in [-0.3, -0.25) is 9.89 Å². The van der Waals surface area contributed by atoms with Crippen LogP contribution in [0.2, 0.25) is 0 Å². The first-order valence-corrected chi connectivity index (χ1v) is 10.6. The lowest BCUT2D eigenvalue weighted by Gasteiger charge is -2.39. The third-order valence-electron chi connectivity index (χ3n) is 6.37. The van der Waals surface area contributed by atoms with Gasteiger partial charge in [0.25, 0.3) is 0 Å². The maximum absolute atomic E-state index is 6.10. The van der Waals surface area contributed by atoms with Crippen molar-refractivity contribution in [2.24, 2.45) is 10.9 Å². The molecule has 0 bridgehead atoms. The Morgan fingerprint density at radius 2 is 2.22 bits per heavy atom. The van der Waals surface area contributed by atoms with Crippen LogP contribution in [0.1, 0.15) is 39.2 Å². The highest BCUT2D eigenvalue weighted by Gasteiger charge is 2.33. The maximum atomic E-state index is 6.10. The molecule has 0 aromatic carbocycles. The molecule has 0 spiro atoms. The predicted octanol–water partition coefficient (Wildman–Crippen LogP) is 1.59. The summed E-state index contributed by atoms with van der Waals surface area (Å²) in [6.45, 7) is 11.3. The van der Waals surface area contributed by atoms with E-state index in [2.05, 4.69) is 44.7 Å².